The van der Waals surface area contributed by atoms with Crippen LogP contribution in [-0.4, -0.2) is 35.1 Å². The molecule has 0 fully saturated rings. The van der Waals surface area contributed by atoms with Crippen LogP contribution in [0.2, 0.25) is 0 Å². The minimum absolute atomic E-state index is 0.0516. The van der Waals surface area contributed by atoms with Gasteiger partial charge in [0.1, 0.15) is 0 Å². The minimum atomic E-state index is -0.147. The lowest BCUT2D eigenvalue weighted by molar-refractivity contribution is -0.120. The Balaban J connectivity index is 1.62. The minimum Gasteiger partial charge on any atom is -0.356 e. The maximum Gasteiger partial charge on any atom is 0.251 e. The Kier molecular flexibility index (Phi) is 6.74. The zero-order valence-corrected chi connectivity index (χ0v) is 15.1. The summed E-state index contributed by atoms with van der Waals surface area (Å²) < 4.78 is 0. The van der Waals surface area contributed by atoms with E-state index >= 15 is 0 Å². The Morgan fingerprint density at radius 3 is 2.56 bits per heavy atom. The fourth-order valence-corrected chi connectivity index (χ4v) is 2.50. The third kappa shape index (κ3) is 5.74. The van der Waals surface area contributed by atoms with Crippen molar-refractivity contribution in [1.29, 1.82) is 0 Å². The summed E-state index contributed by atoms with van der Waals surface area (Å²) in [7, 11) is 0. The number of nitrogens with one attached hydrogen (secondary N) is 3. The van der Waals surface area contributed by atoms with E-state index in [9.17, 15) is 9.59 Å². The van der Waals surface area contributed by atoms with Gasteiger partial charge in [0.2, 0.25) is 5.91 Å². The van der Waals surface area contributed by atoms with Crippen molar-refractivity contribution in [2.24, 2.45) is 0 Å². The third-order valence-electron chi connectivity index (χ3n) is 4.29. The molecular formula is C19H26N4O2. The highest BCUT2D eigenvalue weighted by Crippen LogP contribution is 2.09. The molecule has 0 atom stereocenters. The summed E-state index contributed by atoms with van der Waals surface area (Å²) >= 11 is 0. The first kappa shape index (κ1) is 18.7. The van der Waals surface area contributed by atoms with Crippen LogP contribution in [0.15, 0.2) is 24.4 Å². The van der Waals surface area contributed by atoms with Crippen LogP contribution < -0.4 is 10.6 Å². The first-order chi connectivity index (χ1) is 12.0. The number of carbonyl (C=O) groups excluding carboxylic acids is 2. The van der Waals surface area contributed by atoms with Gasteiger partial charge in [-0.15, -0.1) is 0 Å². The number of amides is 2. The highest BCUT2D eigenvalue weighted by molar-refractivity contribution is 5.94. The van der Waals surface area contributed by atoms with E-state index in [1.807, 2.05) is 39.1 Å². The standard InChI is InChI=1S/C19H26N4O2/c1-13-6-7-16(11-14(13)2)19(25)21-10-8-18(24)20-9-4-5-17-12-22-23-15(17)3/h6-7,11-12H,4-5,8-10H2,1-3H3,(H,20,24)(H,21,25)(H,22,23). The molecule has 2 aromatic rings. The first-order valence-corrected chi connectivity index (χ1v) is 8.58. The molecule has 0 saturated carbocycles. The van der Waals surface area contributed by atoms with Gasteiger partial charge in [0, 0.05) is 30.8 Å². The summed E-state index contributed by atoms with van der Waals surface area (Å²) in [6.07, 6.45) is 3.84. The normalized spacial score (nSPS) is 10.5. The lowest BCUT2D eigenvalue weighted by Gasteiger charge is -2.08. The van der Waals surface area contributed by atoms with Crippen molar-refractivity contribution in [1.82, 2.24) is 20.8 Å². The number of hydrogen-bond acceptors (Lipinski definition) is 3. The Bertz CT molecular complexity index is 737. The molecule has 0 aliphatic carbocycles. The van der Waals surface area contributed by atoms with Crippen LogP contribution in [-0.2, 0) is 11.2 Å². The van der Waals surface area contributed by atoms with Crippen molar-refractivity contribution in [2.75, 3.05) is 13.1 Å². The molecule has 0 saturated heterocycles. The molecule has 3 N–H and O–H groups in total. The molecule has 6 nitrogen and oxygen atoms in total. The van der Waals surface area contributed by atoms with E-state index < -0.39 is 0 Å². The molecule has 0 aliphatic heterocycles. The molecule has 134 valence electrons. The Hall–Kier alpha value is -2.63. The molecule has 2 rings (SSSR count). The first-order valence-electron chi connectivity index (χ1n) is 8.58. The Morgan fingerprint density at radius 1 is 1.08 bits per heavy atom. The summed E-state index contributed by atoms with van der Waals surface area (Å²) in [6.45, 7) is 6.92. The second-order valence-electron chi connectivity index (χ2n) is 6.28. The zero-order valence-electron chi connectivity index (χ0n) is 15.1. The van der Waals surface area contributed by atoms with Crippen LogP contribution in [0.5, 0.6) is 0 Å². The monoisotopic (exact) mass is 342 g/mol. The van der Waals surface area contributed by atoms with Gasteiger partial charge in [0.05, 0.1) is 6.20 Å². The van der Waals surface area contributed by atoms with Crippen molar-refractivity contribution in [3.05, 3.63) is 52.3 Å². The molecule has 1 aromatic heterocycles. The summed E-state index contributed by atoms with van der Waals surface area (Å²) in [5.74, 6) is -0.198. The zero-order chi connectivity index (χ0) is 18.2. The number of aromatic nitrogens is 2. The fourth-order valence-electron chi connectivity index (χ4n) is 2.50. The van der Waals surface area contributed by atoms with Crippen LogP contribution >= 0.6 is 0 Å². The third-order valence-corrected chi connectivity index (χ3v) is 4.29. The SMILES string of the molecule is Cc1ccc(C(=O)NCCC(=O)NCCCc2cn[nH]c2C)cc1C. The van der Waals surface area contributed by atoms with Gasteiger partial charge in [-0.1, -0.05) is 6.07 Å². The molecule has 2 amide bonds. The molecular weight excluding hydrogens is 316 g/mol. The second kappa shape index (κ2) is 9.01. The molecule has 0 unspecified atom stereocenters. The van der Waals surface area contributed by atoms with E-state index in [1.54, 1.807) is 6.07 Å². The van der Waals surface area contributed by atoms with Gasteiger partial charge in [-0.3, -0.25) is 14.7 Å². The number of benzene rings is 1. The van der Waals surface area contributed by atoms with Crippen LogP contribution in [0.1, 0.15) is 45.6 Å². The second-order valence-corrected chi connectivity index (χ2v) is 6.28. The lowest BCUT2D eigenvalue weighted by Crippen LogP contribution is -2.31. The molecule has 0 aliphatic rings. The number of hydrogen-bond donors (Lipinski definition) is 3. The van der Waals surface area contributed by atoms with Gasteiger partial charge in [0.25, 0.3) is 5.91 Å². The number of carbonyl (C=O) groups is 2. The van der Waals surface area contributed by atoms with E-state index in [1.165, 1.54) is 5.56 Å². The van der Waals surface area contributed by atoms with Gasteiger partial charge in [-0.05, 0) is 62.4 Å². The average molecular weight is 342 g/mol. The maximum atomic E-state index is 12.1. The van der Waals surface area contributed by atoms with E-state index in [4.69, 9.17) is 0 Å². The van der Waals surface area contributed by atoms with Crippen LogP contribution in [0.3, 0.4) is 0 Å². The summed E-state index contributed by atoms with van der Waals surface area (Å²) in [5, 5.41) is 12.5. The van der Waals surface area contributed by atoms with Crippen molar-refractivity contribution in [2.45, 2.75) is 40.0 Å². The van der Waals surface area contributed by atoms with Crippen molar-refractivity contribution in [3.8, 4) is 0 Å². The maximum absolute atomic E-state index is 12.1. The predicted molar refractivity (Wildman–Crippen MR) is 97.5 cm³/mol. The Labute approximate surface area is 148 Å². The topological polar surface area (TPSA) is 86.9 Å². The largest absolute Gasteiger partial charge is 0.356 e. The Morgan fingerprint density at radius 2 is 1.88 bits per heavy atom. The van der Waals surface area contributed by atoms with Gasteiger partial charge in [-0.2, -0.15) is 5.10 Å². The van der Waals surface area contributed by atoms with Gasteiger partial charge in [0.15, 0.2) is 0 Å². The number of aromatic amines is 1. The highest BCUT2D eigenvalue weighted by Gasteiger charge is 2.08. The highest BCUT2D eigenvalue weighted by atomic mass is 16.2. The van der Waals surface area contributed by atoms with Gasteiger partial charge < -0.3 is 10.6 Å². The van der Waals surface area contributed by atoms with Crippen LogP contribution in [0.25, 0.3) is 0 Å². The summed E-state index contributed by atoms with van der Waals surface area (Å²) in [5.41, 5.74) is 5.11. The summed E-state index contributed by atoms with van der Waals surface area (Å²) in [4.78, 5) is 23.9. The van der Waals surface area contributed by atoms with Crippen LogP contribution in [0.4, 0.5) is 0 Å². The van der Waals surface area contributed by atoms with Crippen molar-refractivity contribution >= 4 is 11.8 Å². The summed E-state index contributed by atoms with van der Waals surface area (Å²) in [6, 6.07) is 5.59. The number of aryl methyl sites for hydroxylation is 4. The molecule has 0 spiro atoms. The quantitative estimate of drug-likeness (QED) is 0.643. The predicted octanol–water partition coefficient (Wildman–Crippen LogP) is 2.20. The van der Waals surface area contributed by atoms with E-state index in [2.05, 4.69) is 20.8 Å². The molecule has 0 bridgehead atoms. The molecule has 25 heavy (non-hydrogen) atoms. The number of H-pyrrole nitrogens is 1. The fraction of sp³-hybridized carbons (Fsp3) is 0.421. The van der Waals surface area contributed by atoms with E-state index in [0.717, 1.165) is 29.7 Å². The number of nitrogens with zero attached hydrogens (tertiary/aromatic N) is 1. The van der Waals surface area contributed by atoms with E-state index in [-0.39, 0.29) is 18.2 Å². The molecule has 1 heterocycles. The average Bonchev–Trinajstić information content (AvgIpc) is 2.99. The van der Waals surface area contributed by atoms with Gasteiger partial charge >= 0.3 is 0 Å². The van der Waals surface area contributed by atoms with Crippen LogP contribution in [0, 0.1) is 20.8 Å². The molecule has 0 radical (unpaired) electrons. The number of rotatable bonds is 8. The van der Waals surface area contributed by atoms with Crippen molar-refractivity contribution in [3.63, 3.8) is 0 Å². The smallest absolute Gasteiger partial charge is 0.251 e. The van der Waals surface area contributed by atoms with Gasteiger partial charge in [-0.25, -0.2) is 0 Å². The van der Waals surface area contributed by atoms with Crippen molar-refractivity contribution < 1.29 is 9.59 Å². The molecule has 6 heteroatoms. The lowest BCUT2D eigenvalue weighted by atomic mass is 10.1. The molecule has 1 aromatic carbocycles. The van der Waals surface area contributed by atoms with E-state index in [0.29, 0.717) is 18.7 Å².